The molecule has 3 rings (SSSR count). The van der Waals surface area contributed by atoms with E-state index in [1.165, 1.54) is 0 Å². The van der Waals surface area contributed by atoms with Gasteiger partial charge in [-0.15, -0.1) is 0 Å². The third kappa shape index (κ3) is 2.40. The molecule has 0 bridgehead atoms. The van der Waals surface area contributed by atoms with Crippen LogP contribution in [-0.2, 0) is 11.3 Å². The van der Waals surface area contributed by atoms with Crippen molar-refractivity contribution in [2.45, 2.75) is 38.3 Å². The van der Waals surface area contributed by atoms with Crippen LogP contribution in [0, 0.1) is 0 Å². The van der Waals surface area contributed by atoms with Crippen LogP contribution in [-0.4, -0.2) is 52.7 Å². The number of ether oxygens (including phenoxy) is 1. The molecule has 0 aromatic carbocycles. The normalized spacial score (nSPS) is 26.0. The number of methoxy groups -OCH3 is 1. The minimum absolute atomic E-state index is 0.0108. The summed E-state index contributed by atoms with van der Waals surface area (Å²) < 4.78 is 7.57. The Kier molecular flexibility index (Phi) is 3.41. The molecule has 110 valence electrons. The van der Waals surface area contributed by atoms with Crippen molar-refractivity contribution in [1.82, 2.24) is 14.5 Å². The van der Waals surface area contributed by atoms with Gasteiger partial charge < -0.3 is 19.5 Å². The van der Waals surface area contributed by atoms with E-state index in [0.717, 1.165) is 44.8 Å². The molecule has 1 aromatic rings. The largest absolute Gasteiger partial charge is 0.377 e. The lowest BCUT2D eigenvalue weighted by atomic mass is 9.94. The van der Waals surface area contributed by atoms with Crippen molar-refractivity contribution < 1.29 is 9.53 Å². The maximum atomic E-state index is 12.6. The molecule has 1 amide bonds. The second-order valence-corrected chi connectivity index (χ2v) is 5.91. The third-order valence-electron chi connectivity index (χ3n) is 4.29. The Morgan fingerprint density at radius 2 is 2.30 bits per heavy atom. The van der Waals surface area contributed by atoms with Crippen molar-refractivity contribution in [2.75, 3.05) is 32.1 Å². The van der Waals surface area contributed by atoms with Gasteiger partial charge in [-0.1, -0.05) is 0 Å². The highest BCUT2D eigenvalue weighted by molar-refractivity contribution is 5.92. The smallest absolute Gasteiger partial charge is 0.274 e. The van der Waals surface area contributed by atoms with Crippen LogP contribution in [0.2, 0.25) is 0 Å². The van der Waals surface area contributed by atoms with Gasteiger partial charge in [-0.2, -0.15) is 0 Å². The van der Waals surface area contributed by atoms with Gasteiger partial charge in [0.1, 0.15) is 5.69 Å². The van der Waals surface area contributed by atoms with E-state index >= 15 is 0 Å². The van der Waals surface area contributed by atoms with Crippen LogP contribution >= 0.6 is 0 Å². The average molecular weight is 278 g/mol. The fourth-order valence-electron chi connectivity index (χ4n) is 2.99. The molecule has 1 atom stereocenters. The molecule has 6 nitrogen and oxygen atoms in total. The van der Waals surface area contributed by atoms with E-state index in [0.29, 0.717) is 12.2 Å². The lowest BCUT2D eigenvalue weighted by molar-refractivity contribution is -0.0441. The Balaban J connectivity index is 1.76. The zero-order valence-electron chi connectivity index (χ0n) is 12.2. The molecule has 20 heavy (non-hydrogen) atoms. The van der Waals surface area contributed by atoms with E-state index in [1.54, 1.807) is 7.11 Å². The Morgan fingerprint density at radius 1 is 1.45 bits per heavy atom. The molecule has 1 aromatic heterocycles. The molecule has 0 saturated carbocycles. The predicted octanol–water partition coefficient (Wildman–Crippen LogP) is 1.34. The Morgan fingerprint density at radius 3 is 3.05 bits per heavy atom. The first kappa shape index (κ1) is 13.4. The number of hydrogen-bond acceptors (Lipinski definition) is 4. The number of aromatic nitrogens is 2. The SMILES string of the molecule is COC1(C)CCCN(C(=O)c2cn3c(n2)NCCC3)C1. The monoisotopic (exact) mass is 278 g/mol. The van der Waals surface area contributed by atoms with E-state index < -0.39 is 0 Å². The number of carbonyl (C=O) groups excluding carboxylic acids is 1. The minimum Gasteiger partial charge on any atom is -0.377 e. The molecule has 0 aliphatic carbocycles. The molecule has 2 aliphatic rings. The highest BCUT2D eigenvalue weighted by Crippen LogP contribution is 2.25. The van der Waals surface area contributed by atoms with Gasteiger partial charge in [-0.05, 0) is 26.2 Å². The zero-order valence-corrected chi connectivity index (χ0v) is 12.2. The summed E-state index contributed by atoms with van der Waals surface area (Å²) in [4.78, 5) is 18.9. The lowest BCUT2D eigenvalue weighted by Crippen LogP contribution is -2.49. The van der Waals surface area contributed by atoms with Gasteiger partial charge in [-0.25, -0.2) is 4.98 Å². The number of fused-ring (bicyclic) bond motifs is 1. The van der Waals surface area contributed by atoms with E-state index in [9.17, 15) is 4.79 Å². The molecular formula is C14H22N4O2. The summed E-state index contributed by atoms with van der Waals surface area (Å²) in [5, 5.41) is 3.22. The molecule has 1 saturated heterocycles. The summed E-state index contributed by atoms with van der Waals surface area (Å²) in [7, 11) is 1.72. The van der Waals surface area contributed by atoms with Gasteiger partial charge in [0.05, 0.1) is 5.60 Å². The summed E-state index contributed by atoms with van der Waals surface area (Å²) in [6, 6.07) is 0. The molecule has 3 heterocycles. The molecular weight excluding hydrogens is 256 g/mol. The number of imidazole rings is 1. The summed E-state index contributed by atoms with van der Waals surface area (Å²) in [6.45, 7) is 5.34. The van der Waals surface area contributed by atoms with Crippen LogP contribution in [0.3, 0.4) is 0 Å². The standard InChI is InChI=1S/C14H22N4O2/c1-14(20-2)5-3-7-18(10-14)12(19)11-9-17-8-4-6-15-13(17)16-11/h9H,3-8,10H2,1-2H3,(H,15,16). The van der Waals surface area contributed by atoms with E-state index in [2.05, 4.69) is 17.2 Å². The first-order chi connectivity index (χ1) is 9.61. The number of likely N-dealkylation sites (tertiary alicyclic amines) is 1. The molecule has 0 spiro atoms. The number of carbonyl (C=O) groups is 1. The molecule has 6 heteroatoms. The summed E-state index contributed by atoms with van der Waals surface area (Å²) in [5.74, 6) is 0.822. The van der Waals surface area contributed by atoms with Crippen LogP contribution in [0.1, 0.15) is 36.7 Å². The van der Waals surface area contributed by atoms with Gasteiger partial charge in [0, 0.05) is 39.5 Å². The highest BCUT2D eigenvalue weighted by Gasteiger charge is 2.34. The Hall–Kier alpha value is -1.56. The molecule has 1 N–H and O–H groups in total. The number of amides is 1. The number of rotatable bonds is 2. The maximum absolute atomic E-state index is 12.6. The number of aryl methyl sites for hydroxylation is 1. The van der Waals surface area contributed by atoms with Crippen molar-refractivity contribution >= 4 is 11.9 Å². The van der Waals surface area contributed by atoms with Crippen molar-refractivity contribution in [3.63, 3.8) is 0 Å². The number of hydrogen-bond donors (Lipinski definition) is 1. The van der Waals surface area contributed by atoms with E-state index in [1.807, 2.05) is 15.7 Å². The number of nitrogens with one attached hydrogen (secondary N) is 1. The van der Waals surface area contributed by atoms with Crippen LogP contribution in [0.5, 0.6) is 0 Å². The van der Waals surface area contributed by atoms with Crippen molar-refractivity contribution in [2.24, 2.45) is 0 Å². The second kappa shape index (κ2) is 5.09. The highest BCUT2D eigenvalue weighted by atomic mass is 16.5. The van der Waals surface area contributed by atoms with Crippen molar-refractivity contribution in [1.29, 1.82) is 0 Å². The Labute approximate surface area is 119 Å². The van der Waals surface area contributed by atoms with Gasteiger partial charge in [-0.3, -0.25) is 4.79 Å². The van der Waals surface area contributed by atoms with Crippen LogP contribution in [0.25, 0.3) is 0 Å². The van der Waals surface area contributed by atoms with Gasteiger partial charge >= 0.3 is 0 Å². The van der Waals surface area contributed by atoms with E-state index in [-0.39, 0.29) is 11.5 Å². The summed E-state index contributed by atoms with van der Waals surface area (Å²) in [6.07, 6.45) is 4.90. The van der Waals surface area contributed by atoms with E-state index in [4.69, 9.17) is 4.74 Å². The van der Waals surface area contributed by atoms with Crippen molar-refractivity contribution in [3.05, 3.63) is 11.9 Å². The van der Waals surface area contributed by atoms with Gasteiger partial charge in [0.2, 0.25) is 5.95 Å². The third-order valence-corrected chi connectivity index (χ3v) is 4.29. The quantitative estimate of drug-likeness (QED) is 0.887. The predicted molar refractivity (Wildman–Crippen MR) is 75.9 cm³/mol. The fraction of sp³-hybridized carbons (Fsp3) is 0.714. The number of piperidine rings is 1. The second-order valence-electron chi connectivity index (χ2n) is 5.91. The summed E-state index contributed by atoms with van der Waals surface area (Å²) >= 11 is 0. The Bertz CT molecular complexity index is 490. The zero-order chi connectivity index (χ0) is 14.2. The molecule has 1 unspecified atom stereocenters. The summed E-state index contributed by atoms with van der Waals surface area (Å²) in [5.41, 5.74) is 0.306. The first-order valence-corrected chi connectivity index (χ1v) is 7.27. The van der Waals surface area contributed by atoms with Gasteiger partial charge in [0.15, 0.2) is 0 Å². The van der Waals surface area contributed by atoms with Crippen molar-refractivity contribution in [3.8, 4) is 0 Å². The van der Waals surface area contributed by atoms with Crippen LogP contribution in [0.4, 0.5) is 5.95 Å². The lowest BCUT2D eigenvalue weighted by Gasteiger charge is -2.39. The van der Waals surface area contributed by atoms with Crippen LogP contribution < -0.4 is 5.32 Å². The fourth-order valence-corrected chi connectivity index (χ4v) is 2.99. The topological polar surface area (TPSA) is 59.4 Å². The first-order valence-electron chi connectivity index (χ1n) is 7.27. The number of nitrogens with zero attached hydrogens (tertiary/aromatic N) is 3. The molecule has 2 aliphatic heterocycles. The molecule has 0 radical (unpaired) electrons. The molecule has 1 fully saturated rings. The maximum Gasteiger partial charge on any atom is 0.274 e. The average Bonchev–Trinajstić information content (AvgIpc) is 2.90. The minimum atomic E-state index is -0.231. The van der Waals surface area contributed by atoms with Crippen LogP contribution in [0.15, 0.2) is 6.20 Å². The number of anilines is 1. The van der Waals surface area contributed by atoms with Gasteiger partial charge in [0.25, 0.3) is 5.91 Å².